The molecule has 28 heavy (non-hydrogen) atoms. The molecule has 0 fully saturated rings. The third-order valence-electron chi connectivity index (χ3n) is 5.18. The van der Waals surface area contributed by atoms with E-state index in [0.29, 0.717) is 23.0 Å². The molecular formula is C21H22N4O2S. The molecule has 0 aliphatic rings. The summed E-state index contributed by atoms with van der Waals surface area (Å²) in [6, 6.07) is 9.18. The van der Waals surface area contributed by atoms with Gasteiger partial charge in [0.1, 0.15) is 11.5 Å². The summed E-state index contributed by atoms with van der Waals surface area (Å²) in [4.78, 5) is 3.41. The zero-order valence-corrected chi connectivity index (χ0v) is 16.9. The van der Waals surface area contributed by atoms with E-state index in [1.165, 1.54) is 11.6 Å². The molecule has 6 nitrogen and oxygen atoms in total. The van der Waals surface area contributed by atoms with Gasteiger partial charge in [0.2, 0.25) is 0 Å². The first-order chi connectivity index (χ1) is 13.4. The predicted molar refractivity (Wildman–Crippen MR) is 113 cm³/mol. The van der Waals surface area contributed by atoms with E-state index in [-0.39, 0.29) is 11.5 Å². The van der Waals surface area contributed by atoms with Gasteiger partial charge in [0.15, 0.2) is 11.0 Å². The van der Waals surface area contributed by atoms with Gasteiger partial charge in [-0.05, 0) is 55.2 Å². The van der Waals surface area contributed by atoms with Crippen LogP contribution in [0.4, 0.5) is 0 Å². The minimum absolute atomic E-state index is 0.0514. The van der Waals surface area contributed by atoms with Gasteiger partial charge in [-0.15, -0.1) is 22.8 Å². The zero-order chi connectivity index (χ0) is 20.0. The fourth-order valence-electron chi connectivity index (χ4n) is 3.74. The highest BCUT2D eigenvalue weighted by Gasteiger charge is 2.19. The Hall–Kier alpha value is -2.93. The van der Waals surface area contributed by atoms with Crippen LogP contribution in [0.2, 0.25) is 0 Å². The molecule has 2 aromatic carbocycles. The summed E-state index contributed by atoms with van der Waals surface area (Å²) in [5.41, 5.74) is 5.60. The molecule has 0 radical (unpaired) electrons. The van der Waals surface area contributed by atoms with Crippen LogP contribution in [-0.4, -0.2) is 30.0 Å². The van der Waals surface area contributed by atoms with Crippen LogP contribution in [0, 0.1) is 6.92 Å². The first kappa shape index (κ1) is 18.4. The molecule has 0 aliphatic carbocycles. The van der Waals surface area contributed by atoms with Gasteiger partial charge in [0, 0.05) is 22.7 Å². The smallest absolute Gasteiger partial charge is 0.193 e. The Labute approximate surface area is 168 Å². The average Bonchev–Trinajstić information content (AvgIpc) is 3.20. The van der Waals surface area contributed by atoms with E-state index in [1.807, 2.05) is 19.1 Å². The molecule has 0 aliphatic heterocycles. The van der Waals surface area contributed by atoms with Crippen molar-refractivity contribution in [3.8, 4) is 28.6 Å². The van der Waals surface area contributed by atoms with E-state index in [4.69, 9.17) is 0 Å². The van der Waals surface area contributed by atoms with Crippen molar-refractivity contribution in [2.24, 2.45) is 0 Å². The van der Waals surface area contributed by atoms with E-state index < -0.39 is 0 Å². The number of aromatic hydroxyl groups is 2. The van der Waals surface area contributed by atoms with Crippen LogP contribution in [0.1, 0.15) is 30.7 Å². The summed E-state index contributed by atoms with van der Waals surface area (Å²) in [6.07, 6.45) is 1.56. The number of nitrogens with zero attached hydrogens (tertiary/aromatic N) is 3. The average molecular weight is 395 g/mol. The second-order valence-corrected chi connectivity index (χ2v) is 7.22. The SMILES string of the molecule is CCc1cc(-c2nnc(S)n2-c2ccc3[nH]c(C)c(CC)c3c2)c(O)cc1O. The molecule has 2 aromatic heterocycles. The van der Waals surface area contributed by atoms with Gasteiger partial charge in [-0.2, -0.15) is 0 Å². The standard InChI is InChI=1S/C21H22N4O2S/c1-4-12-8-16(19(27)10-18(12)26)20-23-24-21(28)25(20)13-6-7-17-15(9-13)14(5-2)11(3)22-17/h6-10,22,26-27H,4-5H2,1-3H3,(H,24,28). The van der Waals surface area contributed by atoms with Crippen LogP contribution < -0.4 is 0 Å². The topological polar surface area (TPSA) is 87.0 Å². The number of rotatable bonds is 4. The number of fused-ring (bicyclic) bond motifs is 1. The van der Waals surface area contributed by atoms with Crippen molar-refractivity contribution < 1.29 is 10.2 Å². The number of aromatic nitrogens is 4. The highest BCUT2D eigenvalue weighted by Crippen LogP contribution is 2.36. The monoisotopic (exact) mass is 394 g/mol. The number of phenolic OH excluding ortho intramolecular Hbond substituents is 2. The Bertz CT molecular complexity index is 1190. The number of phenols is 2. The van der Waals surface area contributed by atoms with E-state index in [2.05, 4.69) is 47.7 Å². The molecule has 0 unspecified atom stereocenters. The van der Waals surface area contributed by atoms with Crippen LogP contribution in [0.15, 0.2) is 35.5 Å². The van der Waals surface area contributed by atoms with Crippen LogP contribution in [0.3, 0.4) is 0 Å². The van der Waals surface area contributed by atoms with E-state index in [9.17, 15) is 10.2 Å². The van der Waals surface area contributed by atoms with Gasteiger partial charge in [0.05, 0.1) is 11.3 Å². The number of H-pyrrole nitrogens is 1. The Morgan fingerprint density at radius 1 is 1.04 bits per heavy atom. The molecule has 7 heteroatoms. The highest BCUT2D eigenvalue weighted by atomic mass is 32.1. The molecule has 4 aromatic rings. The number of hydrogen-bond acceptors (Lipinski definition) is 5. The molecule has 0 amide bonds. The van der Waals surface area contributed by atoms with Crippen molar-refractivity contribution >= 4 is 23.5 Å². The summed E-state index contributed by atoms with van der Waals surface area (Å²) in [5.74, 6) is 0.490. The molecule has 3 N–H and O–H groups in total. The van der Waals surface area contributed by atoms with Crippen LogP contribution in [0.5, 0.6) is 11.5 Å². The molecular weight excluding hydrogens is 372 g/mol. The van der Waals surface area contributed by atoms with Gasteiger partial charge < -0.3 is 15.2 Å². The lowest BCUT2D eigenvalue weighted by Gasteiger charge is -2.12. The number of nitrogens with one attached hydrogen (secondary N) is 1. The number of thiol groups is 1. The van der Waals surface area contributed by atoms with E-state index in [1.54, 1.807) is 10.6 Å². The maximum absolute atomic E-state index is 10.4. The maximum Gasteiger partial charge on any atom is 0.193 e. The molecule has 2 heterocycles. The van der Waals surface area contributed by atoms with Crippen LogP contribution in [-0.2, 0) is 12.8 Å². The van der Waals surface area contributed by atoms with Crippen molar-refractivity contribution in [1.82, 2.24) is 19.7 Å². The van der Waals surface area contributed by atoms with Crippen molar-refractivity contribution in [3.05, 3.63) is 47.2 Å². The van der Waals surface area contributed by atoms with Gasteiger partial charge in [-0.25, -0.2) is 0 Å². The van der Waals surface area contributed by atoms with Crippen molar-refractivity contribution in [2.45, 2.75) is 38.8 Å². The van der Waals surface area contributed by atoms with E-state index in [0.717, 1.165) is 34.3 Å². The molecule has 0 saturated carbocycles. The van der Waals surface area contributed by atoms with Gasteiger partial charge >= 0.3 is 0 Å². The molecule has 0 atom stereocenters. The third kappa shape index (κ3) is 2.82. The number of aryl methyl sites for hydroxylation is 3. The Morgan fingerprint density at radius 3 is 2.54 bits per heavy atom. The first-order valence-electron chi connectivity index (χ1n) is 9.25. The lowest BCUT2D eigenvalue weighted by molar-refractivity contribution is 0.447. The van der Waals surface area contributed by atoms with Gasteiger partial charge in [0.25, 0.3) is 0 Å². The Balaban J connectivity index is 1.94. The number of aromatic amines is 1. The van der Waals surface area contributed by atoms with Crippen LogP contribution in [0.25, 0.3) is 28.0 Å². The summed E-state index contributed by atoms with van der Waals surface area (Å²) in [5, 5.41) is 30.4. The molecule has 0 saturated heterocycles. The Kier molecular flexibility index (Phi) is 4.55. The minimum Gasteiger partial charge on any atom is -0.508 e. The van der Waals surface area contributed by atoms with Crippen LogP contribution >= 0.6 is 12.6 Å². The number of benzene rings is 2. The predicted octanol–water partition coefficient (Wildman–Crippen LogP) is 4.55. The highest BCUT2D eigenvalue weighted by molar-refractivity contribution is 7.80. The maximum atomic E-state index is 10.4. The minimum atomic E-state index is -0.0514. The summed E-state index contributed by atoms with van der Waals surface area (Å²) in [7, 11) is 0. The largest absolute Gasteiger partial charge is 0.508 e. The molecule has 0 spiro atoms. The quantitative estimate of drug-likeness (QED) is 0.383. The van der Waals surface area contributed by atoms with Gasteiger partial charge in [-0.3, -0.25) is 4.57 Å². The van der Waals surface area contributed by atoms with Crippen molar-refractivity contribution in [2.75, 3.05) is 0 Å². The molecule has 0 bridgehead atoms. The summed E-state index contributed by atoms with van der Waals surface area (Å²) < 4.78 is 1.80. The van der Waals surface area contributed by atoms with Crippen molar-refractivity contribution in [1.29, 1.82) is 0 Å². The summed E-state index contributed by atoms with van der Waals surface area (Å²) in [6.45, 7) is 6.16. The Morgan fingerprint density at radius 2 is 1.82 bits per heavy atom. The van der Waals surface area contributed by atoms with E-state index >= 15 is 0 Å². The number of hydrogen-bond donors (Lipinski definition) is 4. The lowest BCUT2D eigenvalue weighted by Crippen LogP contribution is -1.99. The summed E-state index contributed by atoms with van der Waals surface area (Å²) >= 11 is 4.48. The van der Waals surface area contributed by atoms with Gasteiger partial charge in [-0.1, -0.05) is 13.8 Å². The fourth-order valence-corrected chi connectivity index (χ4v) is 3.99. The zero-order valence-electron chi connectivity index (χ0n) is 16.0. The first-order valence-corrected chi connectivity index (χ1v) is 9.70. The second kappa shape index (κ2) is 6.91. The molecule has 4 rings (SSSR count). The molecule has 144 valence electrons. The third-order valence-corrected chi connectivity index (χ3v) is 5.47. The fraction of sp³-hybridized carbons (Fsp3) is 0.238. The second-order valence-electron chi connectivity index (χ2n) is 6.82. The lowest BCUT2D eigenvalue weighted by atomic mass is 10.1. The normalized spacial score (nSPS) is 11.4. The van der Waals surface area contributed by atoms with Crippen molar-refractivity contribution in [3.63, 3.8) is 0 Å².